The van der Waals surface area contributed by atoms with Gasteiger partial charge in [0.1, 0.15) is 0 Å². The Bertz CT molecular complexity index is 534. The van der Waals surface area contributed by atoms with Crippen LogP contribution in [0.1, 0.15) is 22.3 Å². The van der Waals surface area contributed by atoms with Gasteiger partial charge in [-0.3, -0.25) is 4.79 Å². The van der Waals surface area contributed by atoms with Crippen molar-refractivity contribution in [1.29, 1.82) is 0 Å². The first kappa shape index (κ1) is 10.3. The molecule has 0 heterocycles. The van der Waals surface area contributed by atoms with E-state index in [0.29, 0.717) is 5.92 Å². The number of benzene rings is 1. The molecule has 0 aromatic heterocycles. The van der Waals surface area contributed by atoms with Crippen LogP contribution in [0, 0.1) is 5.92 Å². The van der Waals surface area contributed by atoms with Crippen molar-refractivity contribution in [3.8, 4) is 0 Å². The fraction of sp³-hybridized carbons (Fsp3) is 0.188. The second kappa shape index (κ2) is 4.17. The lowest BCUT2D eigenvalue weighted by Gasteiger charge is -2.17. The van der Waals surface area contributed by atoms with Crippen molar-refractivity contribution in [1.82, 2.24) is 0 Å². The minimum atomic E-state index is 0.209. The van der Waals surface area contributed by atoms with E-state index in [1.165, 1.54) is 5.56 Å². The maximum absolute atomic E-state index is 12.3. The lowest BCUT2D eigenvalue weighted by molar-refractivity contribution is 0.102. The van der Waals surface area contributed by atoms with E-state index in [4.69, 9.17) is 0 Å². The van der Waals surface area contributed by atoms with E-state index in [9.17, 15) is 4.79 Å². The standard InChI is InChI=1S/C16H14O/c17-16-14(11-12-5-1-2-6-12)10-9-13-7-3-4-8-15(13)16/h1-8,11-12H,9-10H2. The molecule has 1 aromatic carbocycles. The number of carbonyl (C=O) groups is 1. The molecule has 0 saturated carbocycles. The summed E-state index contributed by atoms with van der Waals surface area (Å²) >= 11 is 0. The third-order valence-electron chi connectivity index (χ3n) is 3.39. The van der Waals surface area contributed by atoms with E-state index < -0.39 is 0 Å². The molecule has 0 atom stereocenters. The fourth-order valence-electron chi connectivity index (χ4n) is 2.47. The molecule has 0 unspecified atom stereocenters. The third-order valence-corrected chi connectivity index (χ3v) is 3.39. The number of hydrogen-bond donors (Lipinski definition) is 0. The van der Waals surface area contributed by atoms with Crippen LogP contribution in [0.5, 0.6) is 0 Å². The summed E-state index contributed by atoms with van der Waals surface area (Å²) in [5, 5.41) is 0. The molecular weight excluding hydrogens is 208 g/mol. The zero-order valence-corrected chi connectivity index (χ0v) is 9.60. The summed E-state index contributed by atoms with van der Waals surface area (Å²) in [4.78, 5) is 12.3. The second-order valence-corrected chi connectivity index (χ2v) is 4.53. The van der Waals surface area contributed by atoms with Gasteiger partial charge in [-0.15, -0.1) is 0 Å². The first-order chi connectivity index (χ1) is 8.34. The first-order valence-corrected chi connectivity index (χ1v) is 6.03. The van der Waals surface area contributed by atoms with Gasteiger partial charge < -0.3 is 0 Å². The molecule has 0 fully saturated rings. The van der Waals surface area contributed by atoms with E-state index in [1.54, 1.807) is 0 Å². The summed E-state index contributed by atoms with van der Waals surface area (Å²) in [6.07, 6.45) is 12.2. The minimum absolute atomic E-state index is 0.209. The van der Waals surface area contributed by atoms with Gasteiger partial charge in [-0.05, 0) is 24.0 Å². The monoisotopic (exact) mass is 222 g/mol. The van der Waals surface area contributed by atoms with E-state index in [0.717, 1.165) is 24.0 Å². The van der Waals surface area contributed by atoms with Gasteiger partial charge in [0.2, 0.25) is 0 Å². The molecular formula is C16H14O. The Morgan fingerprint density at radius 1 is 1.06 bits per heavy atom. The van der Waals surface area contributed by atoms with Gasteiger partial charge in [0, 0.05) is 11.5 Å². The quantitative estimate of drug-likeness (QED) is 0.665. The van der Waals surface area contributed by atoms with Crippen molar-refractivity contribution >= 4 is 5.78 Å². The van der Waals surface area contributed by atoms with E-state index in [-0.39, 0.29) is 5.78 Å². The SMILES string of the molecule is O=C1C(=CC2C=CC=C2)CCc2ccccc21. The lowest BCUT2D eigenvalue weighted by Crippen LogP contribution is -2.14. The summed E-state index contributed by atoms with van der Waals surface area (Å²) in [6, 6.07) is 7.93. The van der Waals surface area contributed by atoms with Crippen molar-refractivity contribution in [2.45, 2.75) is 12.8 Å². The number of carbonyl (C=O) groups excluding carboxylic acids is 1. The first-order valence-electron chi connectivity index (χ1n) is 6.03. The number of ketones is 1. The molecule has 0 radical (unpaired) electrons. The van der Waals surface area contributed by atoms with Crippen molar-refractivity contribution in [3.63, 3.8) is 0 Å². The molecule has 3 rings (SSSR count). The van der Waals surface area contributed by atoms with Crippen LogP contribution in [0.2, 0.25) is 0 Å². The van der Waals surface area contributed by atoms with Crippen LogP contribution < -0.4 is 0 Å². The molecule has 0 spiro atoms. The van der Waals surface area contributed by atoms with E-state index in [1.807, 2.05) is 30.4 Å². The van der Waals surface area contributed by atoms with E-state index >= 15 is 0 Å². The number of hydrogen-bond acceptors (Lipinski definition) is 1. The molecule has 0 aliphatic heterocycles. The Morgan fingerprint density at radius 2 is 1.82 bits per heavy atom. The molecule has 2 aliphatic carbocycles. The number of aryl methyl sites for hydroxylation is 1. The highest BCUT2D eigenvalue weighted by molar-refractivity contribution is 6.10. The van der Waals surface area contributed by atoms with Crippen LogP contribution in [-0.4, -0.2) is 5.78 Å². The smallest absolute Gasteiger partial charge is 0.189 e. The maximum Gasteiger partial charge on any atom is 0.189 e. The molecule has 84 valence electrons. The lowest BCUT2D eigenvalue weighted by atomic mass is 9.85. The van der Waals surface area contributed by atoms with Crippen molar-refractivity contribution in [2.75, 3.05) is 0 Å². The molecule has 1 aromatic rings. The number of Topliss-reactive ketones (excluding diaryl/α,β-unsaturated/α-hetero) is 1. The summed E-state index contributed by atoms with van der Waals surface area (Å²) in [5.74, 6) is 0.514. The van der Waals surface area contributed by atoms with Crippen LogP contribution >= 0.6 is 0 Å². The molecule has 0 bridgehead atoms. The zero-order chi connectivity index (χ0) is 11.7. The topological polar surface area (TPSA) is 17.1 Å². The molecule has 0 N–H and O–H groups in total. The highest BCUT2D eigenvalue weighted by Gasteiger charge is 2.21. The van der Waals surface area contributed by atoms with Gasteiger partial charge in [-0.25, -0.2) is 0 Å². The van der Waals surface area contributed by atoms with Gasteiger partial charge in [-0.1, -0.05) is 54.6 Å². The Balaban J connectivity index is 1.94. The van der Waals surface area contributed by atoms with Gasteiger partial charge in [0.25, 0.3) is 0 Å². The fourth-order valence-corrected chi connectivity index (χ4v) is 2.47. The van der Waals surface area contributed by atoms with Crippen LogP contribution in [0.15, 0.2) is 60.2 Å². The Kier molecular flexibility index (Phi) is 2.52. The number of rotatable bonds is 1. The average molecular weight is 222 g/mol. The van der Waals surface area contributed by atoms with Crippen molar-refractivity contribution < 1.29 is 4.79 Å². The predicted molar refractivity (Wildman–Crippen MR) is 68.9 cm³/mol. The van der Waals surface area contributed by atoms with Crippen LogP contribution in [0.25, 0.3) is 0 Å². The highest BCUT2D eigenvalue weighted by Crippen LogP contribution is 2.26. The Hall–Kier alpha value is -1.89. The van der Waals surface area contributed by atoms with Gasteiger partial charge >= 0.3 is 0 Å². The molecule has 2 aliphatic rings. The van der Waals surface area contributed by atoms with Gasteiger partial charge in [0.15, 0.2) is 5.78 Å². The zero-order valence-electron chi connectivity index (χ0n) is 9.60. The summed E-state index contributed by atoms with van der Waals surface area (Å²) in [6.45, 7) is 0. The van der Waals surface area contributed by atoms with E-state index in [2.05, 4.69) is 24.3 Å². The number of allylic oxidation sites excluding steroid dienone is 6. The Morgan fingerprint density at radius 3 is 2.65 bits per heavy atom. The molecule has 1 nitrogen and oxygen atoms in total. The number of fused-ring (bicyclic) bond motifs is 1. The summed E-state index contributed by atoms with van der Waals surface area (Å²) in [7, 11) is 0. The van der Waals surface area contributed by atoms with Crippen molar-refractivity contribution in [2.24, 2.45) is 5.92 Å². The summed E-state index contributed by atoms with van der Waals surface area (Å²) in [5.41, 5.74) is 3.04. The minimum Gasteiger partial charge on any atom is -0.289 e. The van der Waals surface area contributed by atoms with Gasteiger partial charge in [-0.2, -0.15) is 0 Å². The second-order valence-electron chi connectivity index (χ2n) is 4.53. The molecule has 0 saturated heterocycles. The average Bonchev–Trinajstić information content (AvgIpc) is 2.86. The molecule has 1 heteroatoms. The predicted octanol–water partition coefficient (Wildman–Crippen LogP) is 3.48. The van der Waals surface area contributed by atoms with Gasteiger partial charge in [0.05, 0.1) is 0 Å². The molecule has 17 heavy (non-hydrogen) atoms. The summed E-state index contributed by atoms with van der Waals surface area (Å²) < 4.78 is 0. The largest absolute Gasteiger partial charge is 0.289 e. The normalized spacial score (nSPS) is 21.2. The van der Waals surface area contributed by atoms with Crippen LogP contribution in [0.3, 0.4) is 0 Å². The molecule has 0 amide bonds. The van der Waals surface area contributed by atoms with Crippen molar-refractivity contribution in [3.05, 3.63) is 71.3 Å². The Labute approximate surface area is 101 Å². The highest BCUT2D eigenvalue weighted by atomic mass is 16.1. The maximum atomic E-state index is 12.3. The third kappa shape index (κ3) is 1.89. The van der Waals surface area contributed by atoms with Crippen LogP contribution in [0.4, 0.5) is 0 Å². The van der Waals surface area contributed by atoms with Crippen LogP contribution in [-0.2, 0) is 6.42 Å².